The van der Waals surface area contributed by atoms with Gasteiger partial charge in [-0.15, -0.1) is 23.1 Å². The summed E-state index contributed by atoms with van der Waals surface area (Å²) in [6.07, 6.45) is -2.33. The number of amides is 3. The van der Waals surface area contributed by atoms with Gasteiger partial charge >= 0.3 is 6.09 Å². The molecule has 2 heterocycles. The van der Waals surface area contributed by atoms with Crippen molar-refractivity contribution < 1.29 is 24.2 Å². The lowest BCUT2D eigenvalue weighted by molar-refractivity contribution is -0.143. The fourth-order valence-corrected chi connectivity index (χ4v) is 12.7. The van der Waals surface area contributed by atoms with Crippen molar-refractivity contribution in [2.45, 2.75) is 73.9 Å². The molecule has 2 N–H and O–H groups in total. The van der Waals surface area contributed by atoms with E-state index in [2.05, 4.69) is 46.7 Å². The molecule has 1 aliphatic carbocycles. The van der Waals surface area contributed by atoms with Crippen LogP contribution in [0.3, 0.4) is 0 Å². The van der Waals surface area contributed by atoms with Gasteiger partial charge in [-0.05, 0) is 66.6 Å². The summed E-state index contributed by atoms with van der Waals surface area (Å²) in [6.45, 7) is 7.77. The Hall–Kier alpha value is -6.53. The normalized spacial score (nSPS) is 16.7. The highest BCUT2D eigenvalue weighted by Crippen LogP contribution is 2.55. The number of benzene rings is 6. The Bertz CT molecular complexity index is 2730. The van der Waals surface area contributed by atoms with Crippen LogP contribution in [-0.2, 0) is 19.1 Å². The summed E-state index contributed by atoms with van der Waals surface area (Å²) in [4.78, 5) is 53.6. The Kier molecular flexibility index (Phi) is 12.9. The lowest BCUT2D eigenvalue weighted by Crippen LogP contribution is -2.61. The molecular formula is C56H54N4O5S2. The van der Waals surface area contributed by atoms with Gasteiger partial charge in [0.2, 0.25) is 11.8 Å². The number of aliphatic hydroxyl groups excluding tert-OH is 1. The number of carbonyl (C=O) groups is 3. The second-order valence-corrected chi connectivity index (χ2v) is 20.7. The number of aryl methyl sites for hydroxylation is 1. The molecule has 2 unspecified atom stereocenters. The van der Waals surface area contributed by atoms with Crippen molar-refractivity contribution in [2.24, 2.45) is 0 Å². The number of likely N-dealkylation sites (tertiary alicyclic amines) is 1. The Balaban J connectivity index is 1.09. The molecule has 9 nitrogen and oxygen atoms in total. The van der Waals surface area contributed by atoms with Crippen LogP contribution in [0.25, 0.3) is 21.6 Å². The molecule has 67 heavy (non-hydrogen) atoms. The SMILES string of the molecule is Cc1ncsc1-c1ccc(C(C)NC(=O)[C@@H]2C[C@@H](O)CN2C(=O)C(N(C)C(=O)OC2c3ccccc3-c3ccccc32)C(C)(C)SC(c2ccccc2)(c2ccccc2)c2ccccc2)cc1. The molecule has 0 saturated carbocycles. The minimum absolute atomic E-state index is 0.0416. The van der Waals surface area contributed by atoms with Gasteiger partial charge in [0.1, 0.15) is 12.1 Å². The lowest BCUT2D eigenvalue weighted by Gasteiger charge is -2.47. The Morgan fingerprint density at radius 3 is 1.79 bits per heavy atom. The molecule has 1 aliphatic heterocycles. The van der Waals surface area contributed by atoms with Crippen LogP contribution in [0.2, 0.25) is 0 Å². The van der Waals surface area contributed by atoms with Crippen molar-refractivity contribution in [3.63, 3.8) is 0 Å². The van der Waals surface area contributed by atoms with E-state index in [1.165, 1.54) is 9.80 Å². The average molecular weight is 927 g/mol. The van der Waals surface area contributed by atoms with Gasteiger partial charge in [0.25, 0.3) is 0 Å². The molecule has 4 atom stereocenters. The van der Waals surface area contributed by atoms with Crippen LogP contribution in [0, 0.1) is 6.92 Å². The number of nitrogens with zero attached hydrogens (tertiary/aromatic N) is 3. The van der Waals surface area contributed by atoms with Crippen LogP contribution < -0.4 is 5.32 Å². The van der Waals surface area contributed by atoms with Gasteiger partial charge in [0.15, 0.2) is 6.10 Å². The minimum Gasteiger partial charge on any atom is -0.436 e. The van der Waals surface area contributed by atoms with E-state index in [1.54, 1.807) is 30.1 Å². The number of fused-ring (bicyclic) bond motifs is 3. The first kappa shape index (κ1) is 45.6. The summed E-state index contributed by atoms with van der Waals surface area (Å²) in [5.41, 5.74) is 11.4. The molecule has 0 spiro atoms. The molecule has 9 rings (SSSR count). The molecule has 0 bridgehead atoms. The van der Waals surface area contributed by atoms with Gasteiger partial charge in [-0.2, -0.15) is 0 Å². The topological polar surface area (TPSA) is 112 Å². The highest BCUT2D eigenvalue weighted by atomic mass is 32.2. The first-order chi connectivity index (χ1) is 32.4. The smallest absolute Gasteiger partial charge is 0.411 e. The third-order valence-corrected chi connectivity index (χ3v) is 15.9. The fraction of sp³-hybridized carbons (Fsp3) is 0.250. The molecule has 7 aromatic rings. The van der Waals surface area contributed by atoms with Gasteiger partial charge in [-0.25, -0.2) is 9.78 Å². The number of hydrogen-bond acceptors (Lipinski definition) is 8. The van der Waals surface area contributed by atoms with Crippen molar-refractivity contribution in [2.75, 3.05) is 13.6 Å². The molecule has 340 valence electrons. The minimum atomic E-state index is -1.20. The van der Waals surface area contributed by atoms with Crippen molar-refractivity contribution in [1.29, 1.82) is 0 Å². The Morgan fingerprint density at radius 1 is 0.776 bits per heavy atom. The first-order valence-corrected chi connectivity index (χ1v) is 24.3. The van der Waals surface area contributed by atoms with E-state index >= 15 is 4.79 Å². The second kappa shape index (κ2) is 19.0. The Morgan fingerprint density at radius 2 is 1.28 bits per heavy atom. The predicted octanol–water partition coefficient (Wildman–Crippen LogP) is 11.0. The highest BCUT2D eigenvalue weighted by molar-refractivity contribution is 8.02. The quantitative estimate of drug-likeness (QED) is 0.111. The van der Waals surface area contributed by atoms with Crippen LogP contribution in [0.1, 0.15) is 78.4 Å². The number of β-amino-alcohol motifs (C(OH)–C–C–N with tert-alkyl or cyclic N) is 1. The summed E-state index contributed by atoms with van der Waals surface area (Å²) < 4.78 is 4.53. The number of thioether (sulfide) groups is 1. The standard InChI is InChI=1S/C56H54N4O5S2/c1-36(38-29-31-39(32-30-38)50-37(2)57-35-66-50)58-52(62)48-33-43(61)34-60(48)53(63)51(59(5)54(64)65-49-46-27-17-15-25-44(46)45-26-16-18-28-47(45)49)55(3,4)67-56(40-19-9-6-10-20-40,41-21-11-7-12-22-41)42-23-13-8-14-24-42/h6-32,35-36,43,48-49,51,61H,33-34H2,1-5H3,(H,58,62)/t36?,43-,48+,51?/m1/s1. The van der Waals surface area contributed by atoms with E-state index in [0.29, 0.717) is 0 Å². The largest absolute Gasteiger partial charge is 0.436 e. The number of rotatable bonds is 13. The fourth-order valence-electron chi connectivity index (χ4n) is 9.96. The summed E-state index contributed by atoms with van der Waals surface area (Å²) in [5, 5.41) is 14.5. The van der Waals surface area contributed by atoms with Crippen LogP contribution in [-0.4, -0.2) is 74.3 Å². The van der Waals surface area contributed by atoms with E-state index in [1.807, 2.05) is 161 Å². The lowest BCUT2D eigenvalue weighted by atomic mass is 9.84. The summed E-state index contributed by atoms with van der Waals surface area (Å²) in [5.74, 6) is -0.860. The van der Waals surface area contributed by atoms with Gasteiger partial charge < -0.3 is 20.1 Å². The van der Waals surface area contributed by atoms with Gasteiger partial charge in [0, 0.05) is 35.9 Å². The van der Waals surface area contributed by atoms with E-state index < -0.39 is 51.8 Å². The van der Waals surface area contributed by atoms with Crippen molar-refractivity contribution in [3.8, 4) is 21.6 Å². The first-order valence-electron chi connectivity index (χ1n) is 22.6. The second-order valence-electron chi connectivity index (χ2n) is 18.0. The zero-order chi connectivity index (χ0) is 46.9. The zero-order valence-corrected chi connectivity index (χ0v) is 39.8. The number of likely N-dealkylation sites (N-methyl/N-ethyl adjacent to an activating group) is 1. The number of aromatic nitrogens is 1. The number of nitrogens with one attached hydrogen (secondary N) is 1. The third-order valence-electron chi connectivity index (χ3n) is 13.2. The monoisotopic (exact) mass is 926 g/mol. The maximum atomic E-state index is 15.8. The molecule has 1 fully saturated rings. The van der Waals surface area contributed by atoms with Gasteiger partial charge in [0.05, 0.1) is 33.0 Å². The summed E-state index contributed by atoms with van der Waals surface area (Å²) in [6, 6.07) is 51.8. The summed E-state index contributed by atoms with van der Waals surface area (Å²) in [7, 11) is 1.61. The maximum Gasteiger partial charge on any atom is 0.411 e. The average Bonchev–Trinajstić information content (AvgIpc) is 4.06. The molecule has 0 radical (unpaired) electrons. The maximum absolute atomic E-state index is 15.8. The van der Waals surface area contributed by atoms with Gasteiger partial charge in [-0.3, -0.25) is 14.5 Å². The predicted molar refractivity (Wildman–Crippen MR) is 268 cm³/mol. The van der Waals surface area contributed by atoms with E-state index in [4.69, 9.17) is 4.74 Å². The van der Waals surface area contributed by atoms with E-state index in [9.17, 15) is 14.7 Å². The number of aliphatic hydroxyl groups is 1. The molecule has 3 amide bonds. The van der Waals surface area contributed by atoms with E-state index in [0.717, 1.165) is 60.6 Å². The number of ether oxygens (including phenoxy) is 1. The third kappa shape index (κ3) is 8.79. The van der Waals surface area contributed by atoms with Crippen LogP contribution in [0.5, 0.6) is 0 Å². The molecule has 11 heteroatoms. The van der Waals surface area contributed by atoms with Gasteiger partial charge in [-0.1, -0.05) is 164 Å². The highest BCUT2D eigenvalue weighted by Gasteiger charge is 2.53. The Labute approximate surface area is 400 Å². The van der Waals surface area contributed by atoms with Crippen LogP contribution in [0.4, 0.5) is 4.79 Å². The molecule has 2 aliphatic rings. The summed E-state index contributed by atoms with van der Waals surface area (Å²) >= 11 is 3.15. The molecule has 1 saturated heterocycles. The molecule has 6 aromatic carbocycles. The number of carbonyl (C=O) groups excluding carboxylic acids is 3. The number of hydrogen-bond donors (Lipinski definition) is 2. The van der Waals surface area contributed by atoms with Crippen LogP contribution in [0.15, 0.2) is 169 Å². The van der Waals surface area contributed by atoms with Crippen molar-refractivity contribution in [3.05, 3.63) is 208 Å². The van der Waals surface area contributed by atoms with Crippen LogP contribution >= 0.6 is 23.1 Å². The number of thiazole rings is 1. The van der Waals surface area contributed by atoms with Crippen molar-refractivity contribution in [1.82, 2.24) is 20.1 Å². The van der Waals surface area contributed by atoms with E-state index in [-0.39, 0.29) is 18.9 Å². The molecular weight excluding hydrogens is 873 g/mol. The zero-order valence-electron chi connectivity index (χ0n) is 38.2. The van der Waals surface area contributed by atoms with Crippen molar-refractivity contribution >= 4 is 41.0 Å². The molecule has 1 aromatic heterocycles.